The topological polar surface area (TPSA) is 131 Å². The quantitative estimate of drug-likeness (QED) is 0.532. The van der Waals surface area contributed by atoms with Crippen LogP contribution >= 0.6 is 0 Å². The Labute approximate surface area is 130 Å². The molecule has 0 bridgehead atoms. The Morgan fingerprint density at radius 1 is 1.61 bits per heavy atom. The van der Waals surface area contributed by atoms with Crippen LogP contribution in [0.3, 0.4) is 0 Å². The van der Waals surface area contributed by atoms with Gasteiger partial charge in [0, 0.05) is 7.05 Å². The number of ether oxygens (including phenoxy) is 1. The van der Waals surface area contributed by atoms with Gasteiger partial charge in [0.15, 0.2) is 23.2 Å². The molecule has 4 atom stereocenters. The first-order chi connectivity index (χ1) is 11.0. The van der Waals surface area contributed by atoms with Gasteiger partial charge >= 0.3 is 0 Å². The van der Waals surface area contributed by atoms with Gasteiger partial charge in [0.1, 0.15) is 12.2 Å². The average molecular weight is 322 g/mol. The molecule has 0 spiro atoms. The second kappa shape index (κ2) is 5.31. The van der Waals surface area contributed by atoms with Gasteiger partial charge in [-0.2, -0.15) is 9.97 Å². The lowest BCUT2D eigenvalue weighted by atomic mass is 9.97. The molecule has 2 aromatic rings. The van der Waals surface area contributed by atoms with Crippen LogP contribution in [0.5, 0.6) is 0 Å². The van der Waals surface area contributed by atoms with E-state index in [2.05, 4.69) is 20.3 Å². The number of hydrogen-bond donors (Lipinski definition) is 4. The summed E-state index contributed by atoms with van der Waals surface area (Å²) in [7, 11) is 1.62. The second-order valence-electron chi connectivity index (χ2n) is 5.07. The number of halogens is 1. The summed E-state index contributed by atoms with van der Waals surface area (Å²) in [5.41, 5.74) is 3.61. The van der Waals surface area contributed by atoms with Crippen molar-refractivity contribution in [3.63, 3.8) is 0 Å². The first-order valence-electron chi connectivity index (χ1n) is 6.75. The summed E-state index contributed by atoms with van der Waals surface area (Å²) in [6.45, 7) is -0.587. The molecule has 9 nitrogen and oxygen atoms in total. The largest absolute Gasteiger partial charge is 0.394 e. The van der Waals surface area contributed by atoms with Crippen molar-refractivity contribution in [1.82, 2.24) is 19.5 Å². The number of rotatable bonds is 3. The maximum Gasteiger partial charge on any atom is 0.243 e. The van der Waals surface area contributed by atoms with Gasteiger partial charge in [-0.25, -0.2) is 9.37 Å². The number of aromatic nitrogens is 4. The molecule has 1 aliphatic heterocycles. The minimum atomic E-state index is -2.56. The number of aliphatic hydroxyl groups is 2. The summed E-state index contributed by atoms with van der Waals surface area (Å²) in [5.74, 6) is 2.21. The number of nitrogens with zero attached hydrogens (tertiary/aromatic N) is 4. The summed E-state index contributed by atoms with van der Waals surface area (Å²) in [6.07, 6.45) is 2.25. The third-order valence-electron chi connectivity index (χ3n) is 3.78. The van der Waals surface area contributed by atoms with Crippen molar-refractivity contribution < 1.29 is 19.3 Å². The van der Waals surface area contributed by atoms with Gasteiger partial charge in [0.2, 0.25) is 11.6 Å². The standard InChI is InChI=1S/C13H15FN6O3/c1-3-13(14)8(22)6(4-21)23-11(13)20-5-17-7-9(16-2)18-12(15)19-10(7)20/h1,5-6,8,11,21-22H,4H2,2H3,(H3,15,16,18,19)/t6-,8?,11-,13?/m1/s1. The van der Waals surface area contributed by atoms with Gasteiger partial charge < -0.3 is 26.0 Å². The lowest BCUT2D eigenvalue weighted by Gasteiger charge is -2.23. The molecule has 1 aliphatic rings. The highest BCUT2D eigenvalue weighted by Gasteiger charge is 2.57. The predicted molar refractivity (Wildman–Crippen MR) is 79.0 cm³/mol. The van der Waals surface area contributed by atoms with Gasteiger partial charge in [-0.3, -0.25) is 4.57 Å². The molecular weight excluding hydrogens is 307 g/mol. The molecule has 3 heterocycles. The van der Waals surface area contributed by atoms with Crippen LogP contribution in [0.15, 0.2) is 6.33 Å². The number of nitrogens with one attached hydrogen (secondary N) is 1. The Kier molecular flexibility index (Phi) is 3.56. The van der Waals surface area contributed by atoms with Crippen molar-refractivity contribution in [3.05, 3.63) is 6.33 Å². The smallest absolute Gasteiger partial charge is 0.243 e. The fourth-order valence-electron chi connectivity index (χ4n) is 2.60. The Morgan fingerprint density at radius 3 is 2.96 bits per heavy atom. The third-order valence-corrected chi connectivity index (χ3v) is 3.78. The number of aliphatic hydroxyl groups excluding tert-OH is 2. The van der Waals surface area contributed by atoms with Gasteiger partial charge in [-0.15, -0.1) is 6.42 Å². The van der Waals surface area contributed by atoms with Gasteiger partial charge in [0.05, 0.1) is 12.9 Å². The number of nitrogens with two attached hydrogens (primary N) is 1. The van der Waals surface area contributed by atoms with Crippen molar-refractivity contribution in [2.24, 2.45) is 0 Å². The van der Waals surface area contributed by atoms with Crippen LogP contribution in [0, 0.1) is 12.3 Å². The van der Waals surface area contributed by atoms with E-state index in [1.54, 1.807) is 7.05 Å². The molecule has 23 heavy (non-hydrogen) atoms. The van der Waals surface area contributed by atoms with E-state index < -0.39 is 30.7 Å². The molecule has 2 aromatic heterocycles. The van der Waals surface area contributed by atoms with Crippen molar-refractivity contribution in [2.45, 2.75) is 24.1 Å². The van der Waals surface area contributed by atoms with Crippen LogP contribution in [0.2, 0.25) is 0 Å². The Hall–Kier alpha value is -2.48. The minimum Gasteiger partial charge on any atom is -0.394 e. The third kappa shape index (κ3) is 2.09. The highest BCUT2D eigenvalue weighted by Crippen LogP contribution is 2.42. The molecule has 0 radical (unpaired) electrons. The number of hydrogen-bond acceptors (Lipinski definition) is 8. The van der Waals surface area contributed by atoms with E-state index in [4.69, 9.17) is 16.9 Å². The molecule has 122 valence electrons. The lowest BCUT2D eigenvalue weighted by molar-refractivity contribution is -0.0504. The molecule has 10 heteroatoms. The molecule has 0 aliphatic carbocycles. The summed E-state index contributed by atoms with van der Waals surface area (Å²) < 4.78 is 21.7. The Bertz CT molecular complexity index is 790. The predicted octanol–water partition coefficient (Wildman–Crippen LogP) is -0.958. The summed E-state index contributed by atoms with van der Waals surface area (Å²) in [6, 6.07) is 0. The van der Waals surface area contributed by atoms with E-state index in [9.17, 15) is 10.2 Å². The molecule has 0 amide bonds. The number of imidazole rings is 1. The van der Waals surface area contributed by atoms with Gasteiger partial charge in [-0.05, 0) is 0 Å². The van der Waals surface area contributed by atoms with E-state index in [1.165, 1.54) is 10.9 Å². The summed E-state index contributed by atoms with van der Waals surface area (Å²) >= 11 is 0. The van der Waals surface area contributed by atoms with Crippen molar-refractivity contribution >= 4 is 22.9 Å². The van der Waals surface area contributed by atoms with Crippen molar-refractivity contribution in [2.75, 3.05) is 24.7 Å². The van der Waals surface area contributed by atoms with Gasteiger partial charge in [0.25, 0.3) is 0 Å². The normalized spacial score (nSPS) is 30.5. The molecule has 1 saturated heterocycles. The number of alkyl halides is 1. The average Bonchev–Trinajstić information content (AvgIpc) is 3.07. The molecule has 3 rings (SSSR count). The molecule has 0 aromatic carbocycles. The first-order valence-corrected chi connectivity index (χ1v) is 6.75. The number of terminal acetylenes is 1. The van der Waals surface area contributed by atoms with Crippen LogP contribution in [0.25, 0.3) is 11.2 Å². The van der Waals surface area contributed by atoms with Crippen LogP contribution in [-0.2, 0) is 4.74 Å². The van der Waals surface area contributed by atoms with Gasteiger partial charge in [-0.1, -0.05) is 5.92 Å². The van der Waals surface area contributed by atoms with E-state index in [-0.39, 0.29) is 11.6 Å². The van der Waals surface area contributed by atoms with E-state index in [1.807, 2.05) is 5.92 Å². The lowest BCUT2D eigenvalue weighted by Crippen LogP contribution is -2.42. The van der Waals surface area contributed by atoms with Crippen molar-refractivity contribution in [1.29, 1.82) is 0 Å². The highest BCUT2D eigenvalue weighted by molar-refractivity contribution is 5.84. The van der Waals surface area contributed by atoms with E-state index in [0.717, 1.165) is 0 Å². The van der Waals surface area contributed by atoms with E-state index >= 15 is 4.39 Å². The number of fused-ring (bicyclic) bond motifs is 1. The molecule has 5 N–H and O–H groups in total. The van der Waals surface area contributed by atoms with E-state index in [0.29, 0.717) is 11.3 Å². The van der Waals surface area contributed by atoms with Crippen LogP contribution in [-0.4, -0.2) is 61.3 Å². The monoisotopic (exact) mass is 322 g/mol. The first kappa shape index (κ1) is 15.4. The summed E-state index contributed by atoms with van der Waals surface area (Å²) in [5, 5.41) is 22.0. The Morgan fingerprint density at radius 2 is 2.35 bits per heavy atom. The maximum atomic E-state index is 15.0. The molecule has 0 saturated carbocycles. The Balaban J connectivity index is 2.17. The minimum absolute atomic E-state index is 0.0500. The second-order valence-corrected chi connectivity index (χ2v) is 5.07. The molecule has 1 fully saturated rings. The fraction of sp³-hybridized carbons (Fsp3) is 0.462. The number of nitrogen functional groups attached to an aromatic ring is 1. The maximum absolute atomic E-state index is 15.0. The zero-order chi connectivity index (χ0) is 16.8. The number of anilines is 2. The highest BCUT2D eigenvalue weighted by atomic mass is 19.1. The molecular formula is C13H15FN6O3. The fourth-order valence-corrected chi connectivity index (χ4v) is 2.60. The zero-order valence-electron chi connectivity index (χ0n) is 12.1. The van der Waals surface area contributed by atoms with Crippen LogP contribution < -0.4 is 11.1 Å². The van der Waals surface area contributed by atoms with Crippen molar-refractivity contribution in [3.8, 4) is 12.3 Å². The van der Waals surface area contributed by atoms with Crippen LogP contribution in [0.4, 0.5) is 16.2 Å². The zero-order valence-corrected chi connectivity index (χ0v) is 12.1. The van der Waals surface area contributed by atoms with Crippen LogP contribution in [0.1, 0.15) is 6.23 Å². The molecule has 2 unspecified atom stereocenters. The summed E-state index contributed by atoms with van der Waals surface area (Å²) in [4.78, 5) is 12.1. The SMILES string of the molecule is C#CC1(F)C(O)[C@@H](CO)O[C@H]1n1cnc2c(NC)nc(N)nc21.